The van der Waals surface area contributed by atoms with Crippen LogP contribution in [0.1, 0.15) is 10.4 Å². The highest BCUT2D eigenvalue weighted by atomic mass is 16.5. The fourth-order valence-corrected chi connectivity index (χ4v) is 1.50. The van der Waals surface area contributed by atoms with E-state index < -0.39 is 17.3 Å². The molecule has 0 spiro atoms. The standard InChI is InChI=1S/C14H10N4O4/c1-21-9-3-10(14(20)22-2)13(19)11(4-9)18-12(7-17)8(5-15)6-16/h3-4,18-19H,1-2H3. The third kappa shape index (κ3) is 3.24. The Balaban J connectivity index is 3.47. The molecule has 0 aromatic heterocycles. The Morgan fingerprint density at radius 1 is 1.18 bits per heavy atom. The van der Waals surface area contributed by atoms with Gasteiger partial charge in [0, 0.05) is 6.07 Å². The van der Waals surface area contributed by atoms with Gasteiger partial charge < -0.3 is 19.9 Å². The minimum absolute atomic E-state index is 0.0840. The summed E-state index contributed by atoms with van der Waals surface area (Å²) >= 11 is 0. The van der Waals surface area contributed by atoms with Gasteiger partial charge in [-0.25, -0.2) is 4.79 Å². The lowest BCUT2D eigenvalue weighted by atomic mass is 10.1. The average molecular weight is 298 g/mol. The van der Waals surface area contributed by atoms with Crippen molar-refractivity contribution in [1.29, 1.82) is 15.8 Å². The molecule has 0 atom stereocenters. The average Bonchev–Trinajstić information content (AvgIpc) is 2.55. The van der Waals surface area contributed by atoms with E-state index in [4.69, 9.17) is 20.5 Å². The summed E-state index contributed by atoms with van der Waals surface area (Å²) in [5.74, 6) is -1.12. The van der Waals surface area contributed by atoms with E-state index in [9.17, 15) is 9.90 Å². The number of nitriles is 3. The smallest absolute Gasteiger partial charge is 0.341 e. The van der Waals surface area contributed by atoms with Crippen LogP contribution in [0.3, 0.4) is 0 Å². The Hall–Kier alpha value is -3.70. The summed E-state index contributed by atoms with van der Waals surface area (Å²) in [4.78, 5) is 11.6. The Morgan fingerprint density at radius 3 is 2.27 bits per heavy atom. The molecule has 1 aromatic rings. The summed E-state index contributed by atoms with van der Waals surface area (Å²) in [5.41, 5.74) is -1.12. The number of allylic oxidation sites excluding steroid dienone is 2. The van der Waals surface area contributed by atoms with Crippen LogP contribution < -0.4 is 10.1 Å². The zero-order chi connectivity index (χ0) is 16.7. The maximum atomic E-state index is 11.6. The zero-order valence-corrected chi connectivity index (χ0v) is 11.7. The second-order valence-electron chi connectivity index (χ2n) is 3.77. The maximum absolute atomic E-state index is 11.6. The molecule has 8 nitrogen and oxygen atoms in total. The van der Waals surface area contributed by atoms with Gasteiger partial charge in [0.1, 0.15) is 35.2 Å². The predicted octanol–water partition coefficient (Wildman–Crippen LogP) is 1.42. The molecular formula is C14H10N4O4. The first kappa shape index (κ1) is 16.4. The molecule has 1 rings (SSSR count). The van der Waals surface area contributed by atoms with E-state index in [0.29, 0.717) is 0 Å². The van der Waals surface area contributed by atoms with Gasteiger partial charge in [0.05, 0.1) is 19.9 Å². The topological polar surface area (TPSA) is 139 Å². The van der Waals surface area contributed by atoms with Gasteiger partial charge in [-0.05, 0) is 6.07 Å². The van der Waals surface area contributed by atoms with E-state index >= 15 is 0 Å². The van der Waals surface area contributed by atoms with E-state index in [1.165, 1.54) is 19.2 Å². The number of aromatic hydroxyl groups is 1. The first-order valence-corrected chi connectivity index (χ1v) is 5.73. The molecule has 0 aliphatic rings. The number of rotatable bonds is 4. The van der Waals surface area contributed by atoms with Crippen molar-refractivity contribution in [1.82, 2.24) is 0 Å². The fraction of sp³-hybridized carbons (Fsp3) is 0.143. The number of nitrogens with zero attached hydrogens (tertiary/aromatic N) is 3. The number of esters is 1. The van der Waals surface area contributed by atoms with Gasteiger partial charge in [0.2, 0.25) is 0 Å². The molecule has 0 bridgehead atoms. The van der Waals surface area contributed by atoms with Crippen LogP contribution in [0, 0.1) is 34.0 Å². The minimum Gasteiger partial charge on any atom is -0.505 e. The summed E-state index contributed by atoms with van der Waals surface area (Å²) in [7, 11) is 2.48. The molecule has 110 valence electrons. The van der Waals surface area contributed by atoms with Gasteiger partial charge in [-0.2, -0.15) is 15.8 Å². The van der Waals surface area contributed by atoms with Crippen molar-refractivity contribution in [3.05, 3.63) is 29.0 Å². The summed E-state index contributed by atoms with van der Waals surface area (Å²) < 4.78 is 9.51. The molecule has 0 heterocycles. The molecule has 0 aliphatic heterocycles. The number of carbonyl (C=O) groups is 1. The van der Waals surface area contributed by atoms with Gasteiger partial charge in [0.15, 0.2) is 11.3 Å². The monoisotopic (exact) mass is 298 g/mol. The van der Waals surface area contributed by atoms with Crippen molar-refractivity contribution >= 4 is 11.7 Å². The van der Waals surface area contributed by atoms with Gasteiger partial charge in [0.25, 0.3) is 0 Å². The molecule has 0 aliphatic carbocycles. The molecule has 1 aromatic carbocycles. The van der Waals surface area contributed by atoms with E-state index in [-0.39, 0.29) is 22.7 Å². The van der Waals surface area contributed by atoms with Crippen LogP contribution in [0.2, 0.25) is 0 Å². The van der Waals surface area contributed by atoms with Crippen LogP contribution in [0.15, 0.2) is 23.4 Å². The van der Waals surface area contributed by atoms with Crippen molar-refractivity contribution < 1.29 is 19.4 Å². The number of benzene rings is 1. The second-order valence-corrected chi connectivity index (χ2v) is 3.77. The molecule has 2 N–H and O–H groups in total. The number of phenols is 1. The van der Waals surface area contributed by atoms with Crippen molar-refractivity contribution in [2.24, 2.45) is 0 Å². The summed E-state index contributed by atoms with van der Waals surface area (Å²) in [5, 5.41) is 39.0. The lowest BCUT2D eigenvalue weighted by Gasteiger charge is -2.12. The van der Waals surface area contributed by atoms with E-state index in [0.717, 1.165) is 7.11 Å². The molecule has 8 heteroatoms. The lowest BCUT2D eigenvalue weighted by molar-refractivity contribution is 0.0597. The van der Waals surface area contributed by atoms with Crippen molar-refractivity contribution in [2.75, 3.05) is 19.5 Å². The number of hydrogen-bond donors (Lipinski definition) is 2. The number of ether oxygens (including phenoxy) is 2. The molecule has 0 saturated carbocycles. The Kier molecular flexibility index (Phi) is 5.34. The van der Waals surface area contributed by atoms with Gasteiger partial charge in [-0.15, -0.1) is 0 Å². The molecule has 0 fully saturated rings. The van der Waals surface area contributed by atoms with Gasteiger partial charge >= 0.3 is 5.97 Å². The maximum Gasteiger partial charge on any atom is 0.341 e. The Morgan fingerprint density at radius 2 is 1.82 bits per heavy atom. The minimum atomic E-state index is -0.817. The van der Waals surface area contributed by atoms with Crippen molar-refractivity contribution in [3.63, 3.8) is 0 Å². The van der Waals surface area contributed by atoms with Crippen molar-refractivity contribution in [3.8, 4) is 29.7 Å². The summed E-state index contributed by atoms with van der Waals surface area (Å²) in [6.07, 6.45) is 0. The number of phenolic OH excluding ortho intramolecular Hbond substituents is 1. The van der Waals surface area contributed by atoms with E-state index in [2.05, 4.69) is 10.1 Å². The molecule has 0 radical (unpaired) electrons. The normalized spacial score (nSPS) is 8.68. The van der Waals surface area contributed by atoms with Crippen LogP contribution in [0.25, 0.3) is 0 Å². The molecule has 0 amide bonds. The molecule has 22 heavy (non-hydrogen) atoms. The highest BCUT2D eigenvalue weighted by Crippen LogP contribution is 2.34. The Labute approximate surface area is 126 Å². The van der Waals surface area contributed by atoms with E-state index in [1.54, 1.807) is 18.2 Å². The fourth-order valence-electron chi connectivity index (χ4n) is 1.50. The quantitative estimate of drug-likeness (QED) is 0.483. The first-order chi connectivity index (χ1) is 10.5. The number of methoxy groups -OCH3 is 2. The van der Waals surface area contributed by atoms with Crippen LogP contribution in [0.4, 0.5) is 5.69 Å². The van der Waals surface area contributed by atoms with Crippen LogP contribution >= 0.6 is 0 Å². The highest BCUT2D eigenvalue weighted by Gasteiger charge is 2.19. The van der Waals surface area contributed by atoms with E-state index in [1.807, 2.05) is 0 Å². The van der Waals surface area contributed by atoms with Crippen LogP contribution in [-0.4, -0.2) is 25.3 Å². The number of anilines is 1. The SMILES string of the molecule is COC(=O)c1cc(OC)cc(NC(C#N)=C(C#N)C#N)c1O. The zero-order valence-electron chi connectivity index (χ0n) is 11.7. The number of nitrogens with one attached hydrogen (secondary N) is 1. The van der Waals surface area contributed by atoms with Gasteiger partial charge in [-0.1, -0.05) is 0 Å². The molecule has 0 unspecified atom stereocenters. The first-order valence-electron chi connectivity index (χ1n) is 5.73. The van der Waals surface area contributed by atoms with Crippen LogP contribution in [0.5, 0.6) is 11.5 Å². The van der Waals surface area contributed by atoms with Crippen molar-refractivity contribution in [2.45, 2.75) is 0 Å². The predicted molar refractivity (Wildman–Crippen MR) is 73.5 cm³/mol. The molecule has 0 saturated heterocycles. The Bertz CT molecular complexity index is 747. The largest absolute Gasteiger partial charge is 0.505 e. The summed E-state index contributed by atoms with van der Waals surface area (Å²) in [6.45, 7) is 0. The second kappa shape index (κ2) is 7.18. The number of hydrogen-bond acceptors (Lipinski definition) is 8. The molecular weight excluding hydrogens is 288 g/mol. The summed E-state index contributed by atoms with van der Waals surface area (Å²) in [6, 6.07) is 7.28. The van der Waals surface area contributed by atoms with Crippen LogP contribution in [-0.2, 0) is 4.74 Å². The van der Waals surface area contributed by atoms with Gasteiger partial charge in [-0.3, -0.25) is 0 Å². The third-order valence-corrected chi connectivity index (χ3v) is 2.57. The lowest BCUT2D eigenvalue weighted by Crippen LogP contribution is -2.06. The number of carbonyl (C=O) groups excluding carboxylic acids is 1. The third-order valence-electron chi connectivity index (χ3n) is 2.57. The highest BCUT2D eigenvalue weighted by molar-refractivity contribution is 5.95.